The average molecular weight is 710 g/mol. The van der Waals surface area contributed by atoms with Gasteiger partial charge in [-0.05, 0) is 80.9 Å². The van der Waals surface area contributed by atoms with E-state index in [1.54, 1.807) is 0 Å². The van der Waals surface area contributed by atoms with Gasteiger partial charge in [0.25, 0.3) is 0 Å². The predicted octanol–water partition coefficient (Wildman–Crippen LogP) is 14.1. The number of pyridine rings is 1. The third-order valence-electron chi connectivity index (χ3n) is 12.3. The van der Waals surface area contributed by atoms with Crippen LogP contribution in [0.4, 0.5) is 0 Å². The Morgan fingerprint density at radius 3 is 1.86 bits per heavy atom. The Morgan fingerprint density at radius 2 is 1.00 bits per heavy atom. The van der Waals surface area contributed by atoms with E-state index in [-0.39, 0.29) is 0 Å². The van der Waals surface area contributed by atoms with Crippen LogP contribution in [0.5, 0.6) is 0 Å². The Bertz CT molecular complexity index is 3740. The fraction of sp³-hybridized carbons (Fsp3) is 0. The molecule has 4 heterocycles. The Kier molecular flexibility index (Phi) is 5.89. The second-order valence-corrected chi connectivity index (χ2v) is 15.1. The molecule has 0 atom stereocenters. The van der Waals surface area contributed by atoms with Gasteiger partial charge in [-0.1, -0.05) is 140 Å². The van der Waals surface area contributed by atoms with E-state index in [9.17, 15) is 0 Å². The summed E-state index contributed by atoms with van der Waals surface area (Å²) in [6, 6.07) is 66.8. The fourth-order valence-electron chi connectivity index (χ4n) is 9.93. The standard InChI is InChI=1S/C53H31N3/c1-2-12-33(13-3-1)44-31-46-37(20-11-29-54-46)45-30-34(25-28-36(44)45)32-23-26-35(27-24-32)55-48-22-9-7-17-42(48)49-39-15-4-5-16-41(39)52-50(53(49)55)43-19-10-18-40-38-14-6-8-21-47(38)56(52)51(40)43/h1-31H. The maximum Gasteiger partial charge on any atom is 0.0714 e. The first-order chi connectivity index (χ1) is 27.8. The van der Waals surface area contributed by atoms with Gasteiger partial charge in [0.15, 0.2) is 0 Å². The lowest BCUT2D eigenvalue weighted by atomic mass is 9.92. The SMILES string of the molecule is c1ccc(-c2cc3ncccc3c3cc(-c4ccc(-n5c6ccccc6c6c7ccccc7c7c(c8cccc9c%10ccccc%10n7c98)c65)cc4)ccc23)cc1. The van der Waals surface area contributed by atoms with Gasteiger partial charge < -0.3 is 8.97 Å². The molecule has 56 heavy (non-hydrogen) atoms. The molecule has 0 saturated carbocycles. The molecule has 4 aromatic heterocycles. The van der Waals surface area contributed by atoms with Gasteiger partial charge in [0.05, 0.1) is 33.1 Å². The molecule has 0 spiro atoms. The first kappa shape index (κ1) is 29.9. The van der Waals surface area contributed by atoms with Crippen LogP contribution in [0.3, 0.4) is 0 Å². The Labute approximate surface area is 321 Å². The Morgan fingerprint density at radius 1 is 0.339 bits per heavy atom. The van der Waals surface area contributed by atoms with E-state index in [0.717, 1.165) is 11.2 Å². The van der Waals surface area contributed by atoms with E-state index in [0.29, 0.717) is 0 Å². The van der Waals surface area contributed by atoms with Crippen molar-refractivity contribution in [1.82, 2.24) is 14.0 Å². The first-order valence-corrected chi connectivity index (χ1v) is 19.3. The molecule has 9 aromatic carbocycles. The number of fused-ring (bicyclic) bond motifs is 16. The number of nitrogens with zero attached hydrogens (tertiary/aromatic N) is 3. The lowest BCUT2D eigenvalue weighted by Gasteiger charge is -2.14. The highest BCUT2D eigenvalue weighted by atomic mass is 15.0. The molecule has 0 aliphatic carbocycles. The predicted molar refractivity (Wildman–Crippen MR) is 237 cm³/mol. The molecule has 0 radical (unpaired) electrons. The van der Waals surface area contributed by atoms with Gasteiger partial charge >= 0.3 is 0 Å². The number of benzene rings is 9. The van der Waals surface area contributed by atoms with Crippen LogP contribution in [0.15, 0.2) is 188 Å². The molecule has 0 fully saturated rings. The lowest BCUT2D eigenvalue weighted by Crippen LogP contribution is -1.95. The van der Waals surface area contributed by atoms with Crippen LogP contribution in [0.25, 0.3) is 120 Å². The van der Waals surface area contributed by atoms with Crippen molar-refractivity contribution in [3.05, 3.63) is 188 Å². The van der Waals surface area contributed by atoms with Crippen LogP contribution >= 0.6 is 0 Å². The van der Waals surface area contributed by atoms with Crippen LogP contribution in [0.2, 0.25) is 0 Å². The van der Waals surface area contributed by atoms with Gasteiger partial charge in [0.1, 0.15) is 0 Å². The Hall–Kier alpha value is -7.49. The molecule has 0 amide bonds. The summed E-state index contributed by atoms with van der Waals surface area (Å²) in [5.41, 5.74) is 13.2. The number of hydrogen-bond acceptors (Lipinski definition) is 1. The van der Waals surface area contributed by atoms with Gasteiger partial charge in [-0.3, -0.25) is 4.98 Å². The molecule has 3 nitrogen and oxygen atoms in total. The molecular weight excluding hydrogens is 679 g/mol. The lowest BCUT2D eigenvalue weighted by molar-refractivity contribution is 1.19. The highest BCUT2D eigenvalue weighted by Crippen LogP contribution is 2.48. The average Bonchev–Trinajstić information content (AvgIpc) is 3.92. The maximum atomic E-state index is 4.79. The molecule has 0 bridgehead atoms. The van der Waals surface area contributed by atoms with Crippen molar-refractivity contribution in [3.63, 3.8) is 0 Å². The quantitative estimate of drug-likeness (QED) is 0.167. The topological polar surface area (TPSA) is 22.2 Å². The van der Waals surface area contributed by atoms with Crippen molar-refractivity contribution in [1.29, 1.82) is 0 Å². The van der Waals surface area contributed by atoms with Crippen LogP contribution in [0, 0.1) is 0 Å². The minimum Gasteiger partial charge on any atom is -0.309 e. The van der Waals surface area contributed by atoms with Gasteiger partial charge in [0, 0.05) is 55.0 Å². The van der Waals surface area contributed by atoms with Gasteiger partial charge in [0.2, 0.25) is 0 Å². The summed E-state index contributed by atoms with van der Waals surface area (Å²) in [4.78, 5) is 4.79. The minimum absolute atomic E-state index is 1.01. The summed E-state index contributed by atoms with van der Waals surface area (Å²) in [5.74, 6) is 0. The molecule has 3 heteroatoms. The summed E-state index contributed by atoms with van der Waals surface area (Å²) in [6.07, 6.45) is 1.89. The molecule has 0 aliphatic rings. The van der Waals surface area contributed by atoms with Crippen LogP contribution in [-0.4, -0.2) is 14.0 Å². The zero-order valence-electron chi connectivity index (χ0n) is 30.2. The van der Waals surface area contributed by atoms with Crippen molar-refractivity contribution in [2.24, 2.45) is 0 Å². The van der Waals surface area contributed by atoms with E-state index in [4.69, 9.17) is 4.98 Å². The highest BCUT2D eigenvalue weighted by Gasteiger charge is 2.25. The highest BCUT2D eigenvalue weighted by molar-refractivity contribution is 6.39. The van der Waals surface area contributed by atoms with E-state index >= 15 is 0 Å². The minimum atomic E-state index is 1.01. The molecular formula is C53H31N3. The zero-order chi connectivity index (χ0) is 36.5. The van der Waals surface area contributed by atoms with E-state index in [1.807, 2.05) is 12.3 Å². The normalized spacial score (nSPS) is 12.3. The second-order valence-electron chi connectivity index (χ2n) is 15.1. The van der Waals surface area contributed by atoms with Crippen molar-refractivity contribution in [3.8, 4) is 27.9 Å². The third kappa shape index (κ3) is 3.88. The van der Waals surface area contributed by atoms with Gasteiger partial charge in [-0.2, -0.15) is 0 Å². The number of rotatable bonds is 3. The van der Waals surface area contributed by atoms with Gasteiger partial charge in [-0.25, -0.2) is 0 Å². The molecule has 0 saturated heterocycles. The summed E-state index contributed by atoms with van der Waals surface area (Å²) in [5, 5.41) is 13.9. The molecule has 0 aliphatic heterocycles. The van der Waals surface area contributed by atoms with Crippen LogP contribution in [0.1, 0.15) is 0 Å². The van der Waals surface area contributed by atoms with Crippen molar-refractivity contribution < 1.29 is 0 Å². The van der Waals surface area contributed by atoms with E-state index in [1.165, 1.54) is 109 Å². The number of aromatic nitrogens is 3. The summed E-state index contributed by atoms with van der Waals surface area (Å²) in [7, 11) is 0. The van der Waals surface area contributed by atoms with E-state index in [2.05, 4.69) is 185 Å². The van der Waals surface area contributed by atoms with Crippen molar-refractivity contribution in [2.75, 3.05) is 0 Å². The molecule has 0 unspecified atom stereocenters. The summed E-state index contributed by atoms with van der Waals surface area (Å²) < 4.78 is 5.04. The maximum absolute atomic E-state index is 4.79. The van der Waals surface area contributed by atoms with Crippen molar-refractivity contribution in [2.45, 2.75) is 0 Å². The fourth-order valence-corrected chi connectivity index (χ4v) is 9.93. The largest absolute Gasteiger partial charge is 0.309 e. The Balaban J connectivity index is 1.08. The first-order valence-electron chi connectivity index (χ1n) is 19.3. The number of hydrogen-bond donors (Lipinski definition) is 0. The third-order valence-corrected chi connectivity index (χ3v) is 12.3. The van der Waals surface area contributed by atoms with E-state index < -0.39 is 0 Å². The molecule has 13 aromatic rings. The summed E-state index contributed by atoms with van der Waals surface area (Å²) in [6.45, 7) is 0. The van der Waals surface area contributed by atoms with Crippen LogP contribution < -0.4 is 0 Å². The molecule has 0 N–H and O–H groups in total. The van der Waals surface area contributed by atoms with Gasteiger partial charge in [-0.15, -0.1) is 0 Å². The zero-order valence-corrected chi connectivity index (χ0v) is 30.2. The second kappa shape index (κ2) is 11.0. The van der Waals surface area contributed by atoms with Crippen LogP contribution in [-0.2, 0) is 0 Å². The van der Waals surface area contributed by atoms with Crippen molar-refractivity contribution >= 4 is 92.3 Å². The molecule has 13 rings (SSSR count). The monoisotopic (exact) mass is 709 g/mol. The smallest absolute Gasteiger partial charge is 0.0714 e. The molecule has 258 valence electrons. The summed E-state index contributed by atoms with van der Waals surface area (Å²) >= 11 is 0. The number of para-hydroxylation sites is 3.